The molecule has 0 aromatic heterocycles. The zero-order valence-electron chi connectivity index (χ0n) is 18.0. The molecule has 0 unspecified atom stereocenters. The minimum absolute atomic E-state index is 0.0874. The van der Waals surface area contributed by atoms with Gasteiger partial charge in [-0.25, -0.2) is 0 Å². The SMILES string of the molecule is COc1cc([C@@H](O)CC(=O)c2c(O)cc(O[C@@H]3O[C@H](CO)[C@@H](O)[C@H](O)[C@H]3O)cc2O)ccc1O. The summed E-state index contributed by atoms with van der Waals surface area (Å²) in [6, 6.07) is 5.90. The Balaban J connectivity index is 1.75. The Bertz CT molecular complexity index is 1000. The molecular formula is C22H26O12. The second kappa shape index (κ2) is 10.4. The van der Waals surface area contributed by atoms with E-state index in [1.165, 1.54) is 25.3 Å². The first-order valence-electron chi connectivity index (χ1n) is 10.2. The van der Waals surface area contributed by atoms with Crippen LogP contribution in [-0.4, -0.2) is 91.1 Å². The lowest BCUT2D eigenvalue weighted by Gasteiger charge is -2.39. The van der Waals surface area contributed by atoms with E-state index in [0.29, 0.717) is 0 Å². The van der Waals surface area contributed by atoms with E-state index in [2.05, 4.69) is 0 Å². The molecule has 0 saturated carbocycles. The Morgan fingerprint density at radius 1 is 1.00 bits per heavy atom. The lowest BCUT2D eigenvalue weighted by atomic mass is 9.98. The fourth-order valence-electron chi connectivity index (χ4n) is 3.54. The van der Waals surface area contributed by atoms with Crippen LogP contribution in [0.5, 0.6) is 28.7 Å². The fraction of sp³-hybridized carbons (Fsp3) is 0.409. The molecule has 0 radical (unpaired) electrons. The van der Waals surface area contributed by atoms with E-state index in [0.717, 1.165) is 12.1 Å². The molecule has 3 rings (SSSR count). The molecule has 1 aliphatic heterocycles. The summed E-state index contributed by atoms with van der Waals surface area (Å²) in [6.45, 7) is -0.677. The number of hydrogen-bond acceptors (Lipinski definition) is 12. The smallest absolute Gasteiger partial charge is 0.229 e. The summed E-state index contributed by atoms with van der Waals surface area (Å²) in [5.41, 5.74) is -0.240. The number of rotatable bonds is 8. The van der Waals surface area contributed by atoms with E-state index in [1.54, 1.807) is 0 Å². The molecule has 1 aliphatic rings. The van der Waals surface area contributed by atoms with Crippen LogP contribution in [0.3, 0.4) is 0 Å². The summed E-state index contributed by atoms with van der Waals surface area (Å²) < 4.78 is 15.5. The molecule has 186 valence electrons. The molecule has 0 bridgehead atoms. The van der Waals surface area contributed by atoms with Crippen LogP contribution < -0.4 is 9.47 Å². The summed E-state index contributed by atoms with van der Waals surface area (Å²) >= 11 is 0. The number of aromatic hydroxyl groups is 3. The Morgan fingerprint density at radius 3 is 2.24 bits per heavy atom. The maximum Gasteiger partial charge on any atom is 0.229 e. The third-order valence-electron chi connectivity index (χ3n) is 5.42. The van der Waals surface area contributed by atoms with Gasteiger partial charge in [0.05, 0.1) is 19.8 Å². The zero-order chi connectivity index (χ0) is 25.2. The van der Waals surface area contributed by atoms with Gasteiger partial charge in [-0.15, -0.1) is 0 Å². The lowest BCUT2D eigenvalue weighted by molar-refractivity contribution is -0.277. The van der Waals surface area contributed by atoms with Gasteiger partial charge in [0.1, 0.15) is 47.2 Å². The van der Waals surface area contributed by atoms with Gasteiger partial charge in [0, 0.05) is 18.6 Å². The van der Waals surface area contributed by atoms with Crippen molar-refractivity contribution >= 4 is 5.78 Å². The maximum atomic E-state index is 12.7. The van der Waals surface area contributed by atoms with Crippen molar-refractivity contribution in [2.75, 3.05) is 13.7 Å². The van der Waals surface area contributed by atoms with Crippen molar-refractivity contribution in [2.24, 2.45) is 0 Å². The van der Waals surface area contributed by atoms with Crippen molar-refractivity contribution in [3.63, 3.8) is 0 Å². The molecule has 8 N–H and O–H groups in total. The van der Waals surface area contributed by atoms with Gasteiger partial charge in [0.2, 0.25) is 6.29 Å². The Morgan fingerprint density at radius 2 is 1.65 bits per heavy atom. The van der Waals surface area contributed by atoms with Crippen LogP contribution in [0.2, 0.25) is 0 Å². The molecule has 1 fully saturated rings. The van der Waals surface area contributed by atoms with Crippen LogP contribution in [-0.2, 0) is 4.74 Å². The topological polar surface area (TPSA) is 207 Å². The van der Waals surface area contributed by atoms with Gasteiger partial charge < -0.3 is 55.1 Å². The second-order valence-electron chi connectivity index (χ2n) is 7.73. The van der Waals surface area contributed by atoms with E-state index in [9.17, 15) is 45.6 Å². The van der Waals surface area contributed by atoms with Crippen LogP contribution >= 0.6 is 0 Å². The summed E-state index contributed by atoms with van der Waals surface area (Å²) in [6.07, 6.45) is -9.68. The van der Waals surface area contributed by atoms with E-state index < -0.39 is 72.7 Å². The highest BCUT2D eigenvalue weighted by molar-refractivity contribution is 6.01. The number of aliphatic hydroxyl groups is 5. The quantitative estimate of drug-likeness (QED) is 0.220. The number of phenols is 3. The van der Waals surface area contributed by atoms with Crippen LogP contribution in [0.4, 0.5) is 0 Å². The molecule has 0 spiro atoms. The van der Waals surface area contributed by atoms with Gasteiger partial charge in [-0.05, 0) is 17.7 Å². The largest absolute Gasteiger partial charge is 0.507 e. The molecular weight excluding hydrogens is 456 g/mol. The minimum Gasteiger partial charge on any atom is -0.507 e. The van der Waals surface area contributed by atoms with Crippen LogP contribution in [0.25, 0.3) is 0 Å². The zero-order valence-corrected chi connectivity index (χ0v) is 18.0. The van der Waals surface area contributed by atoms with E-state index >= 15 is 0 Å². The van der Waals surface area contributed by atoms with Crippen molar-refractivity contribution in [1.29, 1.82) is 0 Å². The first kappa shape index (κ1) is 25.5. The monoisotopic (exact) mass is 482 g/mol. The number of benzene rings is 2. The number of carbonyl (C=O) groups excluding carboxylic acids is 1. The number of ether oxygens (including phenoxy) is 3. The van der Waals surface area contributed by atoms with Gasteiger partial charge in [-0.1, -0.05) is 6.07 Å². The minimum atomic E-state index is -1.72. The molecule has 2 aromatic carbocycles. The van der Waals surface area contributed by atoms with Crippen LogP contribution in [0, 0.1) is 0 Å². The van der Waals surface area contributed by atoms with Crippen molar-refractivity contribution in [2.45, 2.75) is 43.2 Å². The highest BCUT2D eigenvalue weighted by Gasteiger charge is 2.44. The number of aliphatic hydroxyl groups excluding tert-OH is 5. The Labute approximate surface area is 193 Å². The first-order chi connectivity index (χ1) is 16.1. The predicted molar refractivity (Wildman–Crippen MR) is 113 cm³/mol. The third-order valence-corrected chi connectivity index (χ3v) is 5.42. The van der Waals surface area contributed by atoms with Crippen LogP contribution in [0.15, 0.2) is 30.3 Å². The predicted octanol–water partition coefficient (Wildman–Crippen LogP) is -0.703. The first-order valence-corrected chi connectivity index (χ1v) is 10.2. The van der Waals surface area contributed by atoms with Gasteiger partial charge in [0.25, 0.3) is 0 Å². The Hall–Kier alpha value is -3.13. The summed E-state index contributed by atoms with van der Waals surface area (Å²) in [7, 11) is 1.32. The average Bonchev–Trinajstić information content (AvgIpc) is 2.79. The summed E-state index contributed by atoms with van der Waals surface area (Å²) in [5, 5.41) is 79.6. The molecule has 1 saturated heterocycles. The van der Waals surface area contributed by atoms with Crippen molar-refractivity contribution in [3.05, 3.63) is 41.5 Å². The molecule has 12 nitrogen and oxygen atoms in total. The molecule has 1 heterocycles. The van der Waals surface area contributed by atoms with Gasteiger partial charge in [-0.2, -0.15) is 0 Å². The molecule has 0 amide bonds. The molecule has 2 aromatic rings. The maximum absolute atomic E-state index is 12.7. The molecule has 12 heteroatoms. The van der Waals surface area contributed by atoms with Crippen molar-refractivity contribution < 1.29 is 59.9 Å². The van der Waals surface area contributed by atoms with Gasteiger partial charge in [0.15, 0.2) is 17.3 Å². The standard InChI is InChI=1S/C22H26O12/c1-32-16-4-9(2-3-11(16)24)12(25)7-15(28)18-13(26)5-10(6-14(18)27)33-22-21(31)20(30)19(29)17(8-23)34-22/h2-6,12,17,19-27,29-31H,7-8H2,1H3/t12-,17+,19+,20-,21+,22+/m0/s1. The van der Waals surface area contributed by atoms with Gasteiger partial charge in [-0.3, -0.25) is 4.79 Å². The fourth-order valence-corrected chi connectivity index (χ4v) is 3.54. The van der Waals surface area contributed by atoms with Gasteiger partial charge >= 0.3 is 0 Å². The number of carbonyl (C=O) groups is 1. The van der Waals surface area contributed by atoms with E-state index in [-0.39, 0.29) is 22.8 Å². The number of phenolic OH excluding ortho intramolecular Hbond substituents is 3. The van der Waals surface area contributed by atoms with E-state index in [1.807, 2.05) is 0 Å². The summed E-state index contributed by atoms with van der Waals surface area (Å²) in [4.78, 5) is 12.7. The number of Topliss-reactive ketones (excluding diaryl/α,β-unsaturated/α-hetero) is 1. The average molecular weight is 482 g/mol. The van der Waals surface area contributed by atoms with Crippen LogP contribution in [0.1, 0.15) is 28.4 Å². The number of hydrogen-bond donors (Lipinski definition) is 8. The van der Waals surface area contributed by atoms with Crippen molar-refractivity contribution in [3.8, 4) is 28.7 Å². The highest BCUT2D eigenvalue weighted by Crippen LogP contribution is 2.37. The summed E-state index contributed by atoms with van der Waals surface area (Å²) in [5.74, 6) is -2.52. The molecule has 34 heavy (non-hydrogen) atoms. The second-order valence-corrected chi connectivity index (χ2v) is 7.73. The molecule has 0 aliphatic carbocycles. The third kappa shape index (κ3) is 5.17. The highest BCUT2D eigenvalue weighted by atomic mass is 16.7. The number of ketones is 1. The lowest BCUT2D eigenvalue weighted by Crippen LogP contribution is -2.60. The molecule has 6 atom stereocenters. The Kier molecular flexibility index (Phi) is 7.82. The number of methoxy groups -OCH3 is 1. The normalized spacial score (nSPS) is 25.5. The van der Waals surface area contributed by atoms with E-state index in [4.69, 9.17) is 14.2 Å². The van der Waals surface area contributed by atoms with Crippen molar-refractivity contribution in [1.82, 2.24) is 0 Å².